The van der Waals surface area contributed by atoms with Crippen molar-refractivity contribution in [1.82, 2.24) is 20.0 Å². The lowest BCUT2D eigenvalue weighted by molar-refractivity contribution is 0.243. The molecule has 0 saturated carbocycles. The Morgan fingerprint density at radius 3 is 2.95 bits per heavy atom. The van der Waals surface area contributed by atoms with Crippen molar-refractivity contribution < 1.29 is 0 Å². The molecule has 4 nitrogen and oxygen atoms in total. The van der Waals surface area contributed by atoms with Crippen molar-refractivity contribution in [2.75, 3.05) is 19.6 Å². The first-order chi connectivity index (χ1) is 9.25. The Bertz CT molecular complexity index is 420. The maximum Gasteiger partial charge on any atom is 0.0540 e. The maximum atomic E-state index is 4.42. The molecule has 2 atom stereocenters. The molecule has 0 bridgehead atoms. The highest BCUT2D eigenvalue weighted by Gasteiger charge is 2.24. The fourth-order valence-corrected chi connectivity index (χ4v) is 3.54. The molecule has 106 valence electrons. The van der Waals surface area contributed by atoms with E-state index in [0.29, 0.717) is 12.1 Å². The van der Waals surface area contributed by atoms with Crippen LogP contribution in [0.15, 0.2) is 6.20 Å². The standard InChI is InChI=1S/C15H26N4/c1-12(19-8-3-4-9-19)10-16-14-6-5-7-15-13(14)11-17-18(15)2/h11-12,14,16H,3-10H2,1-2H3. The topological polar surface area (TPSA) is 33.1 Å². The van der Waals surface area contributed by atoms with Crippen molar-refractivity contribution >= 4 is 0 Å². The molecule has 1 aromatic rings. The zero-order chi connectivity index (χ0) is 13.2. The predicted molar refractivity (Wildman–Crippen MR) is 77.2 cm³/mol. The van der Waals surface area contributed by atoms with Crippen LogP contribution in [0.3, 0.4) is 0 Å². The van der Waals surface area contributed by atoms with Crippen LogP contribution in [0.2, 0.25) is 0 Å². The summed E-state index contributed by atoms with van der Waals surface area (Å²) in [5.74, 6) is 0. The lowest BCUT2D eigenvalue weighted by atomic mass is 9.93. The first-order valence-electron chi connectivity index (χ1n) is 7.74. The Kier molecular flexibility index (Phi) is 3.89. The van der Waals surface area contributed by atoms with Gasteiger partial charge in [0.1, 0.15) is 0 Å². The van der Waals surface area contributed by atoms with Gasteiger partial charge < -0.3 is 5.32 Å². The van der Waals surface area contributed by atoms with Crippen LogP contribution in [0.5, 0.6) is 0 Å². The molecule has 1 aromatic heterocycles. The molecule has 1 saturated heterocycles. The number of hydrogen-bond donors (Lipinski definition) is 1. The van der Waals surface area contributed by atoms with Gasteiger partial charge in [0.2, 0.25) is 0 Å². The summed E-state index contributed by atoms with van der Waals surface area (Å²) < 4.78 is 2.05. The molecule has 3 rings (SSSR count). The van der Waals surface area contributed by atoms with Crippen LogP contribution in [0.25, 0.3) is 0 Å². The second kappa shape index (κ2) is 5.63. The Morgan fingerprint density at radius 2 is 2.16 bits per heavy atom. The third-order valence-corrected chi connectivity index (χ3v) is 4.80. The molecule has 19 heavy (non-hydrogen) atoms. The first-order valence-corrected chi connectivity index (χ1v) is 7.74. The second-order valence-electron chi connectivity index (χ2n) is 6.12. The highest BCUT2D eigenvalue weighted by Crippen LogP contribution is 2.29. The quantitative estimate of drug-likeness (QED) is 0.899. The summed E-state index contributed by atoms with van der Waals surface area (Å²) in [6.45, 7) is 6.02. The Morgan fingerprint density at radius 1 is 1.37 bits per heavy atom. The largest absolute Gasteiger partial charge is 0.308 e. The number of nitrogens with one attached hydrogen (secondary N) is 1. The number of rotatable bonds is 4. The van der Waals surface area contributed by atoms with Gasteiger partial charge in [0, 0.05) is 36.9 Å². The Hall–Kier alpha value is -0.870. The van der Waals surface area contributed by atoms with Gasteiger partial charge in [0.05, 0.1) is 6.20 Å². The zero-order valence-corrected chi connectivity index (χ0v) is 12.2. The van der Waals surface area contributed by atoms with Crippen LogP contribution >= 0.6 is 0 Å². The number of hydrogen-bond acceptors (Lipinski definition) is 3. The molecule has 1 aliphatic carbocycles. The maximum absolute atomic E-state index is 4.42. The monoisotopic (exact) mass is 262 g/mol. The molecule has 1 fully saturated rings. The lowest BCUT2D eigenvalue weighted by Gasteiger charge is -2.29. The van der Waals surface area contributed by atoms with E-state index in [2.05, 4.69) is 35.5 Å². The molecule has 2 heterocycles. The van der Waals surface area contributed by atoms with Crippen LogP contribution in [-0.4, -0.2) is 40.4 Å². The fourth-order valence-electron chi connectivity index (χ4n) is 3.54. The van der Waals surface area contributed by atoms with Crippen molar-refractivity contribution in [1.29, 1.82) is 0 Å². The van der Waals surface area contributed by atoms with E-state index in [0.717, 1.165) is 6.54 Å². The molecule has 4 heteroatoms. The minimum Gasteiger partial charge on any atom is -0.308 e. The summed E-state index contributed by atoms with van der Waals surface area (Å²) in [5.41, 5.74) is 2.86. The van der Waals surface area contributed by atoms with Crippen molar-refractivity contribution in [3.05, 3.63) is 17.5 Å². The molecular formula is C15H26N4. The van der Waals surface area contributed by atoms with Crippen LogP contribution in [0, 0.1) is 0 Å². The van der Waals surface area contributed by atoms with E-state index in [1.807, 2.05) is 4.68 Å². The van der Waals surface area contributed by atoms with Crippen molar-refractivity contribution in [3.8, 4) is 0 Å². The number of likely N-dealkylation sites (tertiary alicyclic amines) is 1. The summed E-state index contributed by atoms with van der Waals surface area (Å²) in [5, 5.41) is 8.19. The van der Waals surface area contributed by atoms with Gasteiger partial charge in [-0.05, 0) is 52.1 Å². The molecule has 0 amide bonds. The van der Waals surface area contributed by atoms with E-state index in [-0.39, 0.29) is 0 Å². The number of fused-ring (bicyclic) bond motifs is 1. The highest BCUT2D eigenvalue weighted by molar-refractivity contribution is 5.24. The highest BCUT2D eigenvalue weighted by atomic mass is 15.3. The van der Waals surface area contributed by atoms with Gasteiger partial charge in [0.25, 0.3) is 0 Å². The van der Waals surface area contributed by atoms with E-state index >= 15 is 0 Å². The fraction of sp³-hybridized carbons (Fsp3) is 0.800. The normalized spacial score (nSPS) is 25.5. The van der Waals surface area contributed by atoms with Crippen LogP contribution in [0.1, 0.15) is 49.9 Å². The van der Waals surface area contributed by atoms with E-state index in [9.17, 15) is 0 Å². The summed E-state index contributed by atoms with van der Waals surface area (Å²) >= 11 is 0. The van der Waals surface area contributed by atoms with Gasteiger partial charge in [-0.15, -0.1) is 0 Å². The Labute approximate surface area is 116 Å². The van der Waals surface area contributed by atoms with Gasteiger partial charge in [0.15, 0.2) is 0 Å². The number of nitrogens with zero attached hydrogens (tertiary/aromatic N) is 3. The van der Waals surface area contributed by atoms with Crippen LogP contribution in [0.4, 0.5) is 0 Å². The van der Waals surface area contributed by atoms with Gasteiger partial charge in [-0.3, -0.25) is 9.58 Å². The van der Waals surface area contributed by atoms with Crippen molar-refractivity contribution in [2.45, 2.75) is 51.1 Å². The lowest BCUT2D eigenvalue weighted by Crippen LogP contribution is -2.40. The molecule has 1 N–H and O–H groups in total. The van der Waals surface area contributed by atoms with E-state index in [4.69, 9.17) is 0 Å². The van der Waals surface area contributed by atoms with E-state index < -0.39 is 0 Å². The minimum atomic E-state index is 0.516. The second-order valence-corrected chi connectivity index (χ2v) is 6.12. The molecule has 0 spiro atoms. The first kappa shape index (κ1) is 13.1. The summed E-state index contributed by atoms with van der Waals surface area (Å²) in [6.07, 6.45) is 8.53. The molecular weight excluding hydrogens is 236 g/mol. The van der Waals surface area contributed by atoms with Crippen molar-refractivity contribution in [2.24, 2.45) is 7.05 Å². The summed E-state index contributed by atoms with van der Waals surface area (Å²) in [7, 11) is 2.06. The van der Waals surface area contributed by atoms with Crippen LogP contribution < -0.4 is 5.32 Å². The van der Waals surface area contributed by atoms with Crippen molar-refractivity contribution in [3.63, 3.8) is 0 Å². The molecule has 0 aromatic carbocycles. The number of aromatic nitrogens is 2. The smallest absolute Gasteiger partial charge is 0.0540 e. The average Bonchev–Trinajstić information content (AvgIpc) is 3.07. The minimum absolute atomic E-state index is 0.516. The van der Waals surface area contributed by atoms with Gasteiger partial charge in [-0.1, -0.05) is 0 Å². The van der Waals surface area contributed by atoms with E-state index in [1.54, 1.807) is 0 Å². The summed E-state index contributed by atoms with van der Waals surface area (Å²) in [4.78, 5) is 2.61. The van der Waals surface area contributed by atoms with Gasteiger partial charge >= 0.3 is 0 Å². The van der Waals surface area contributed by atoms with E-state index in [1.165, 1.54) is 56.5 Å². The SMILES string of the molecule is CC(CNC1CCCc2c1cnn2C)N1CCCC1. The summed E-state index contributed by atoms with van der Waals surface area (Å²) in [6, 6.07) is 1.17. The zero-order valence-electron chi connectivity index (χ0n) is 12.2. The van der Waals surface area contributed by atoms with Crippen LogP contribution in [-0.2, 0) is 13.5 Å². The third-order valence-electron chi connectivity index (χ3n) is 4.80. The third kappa shape index (κ3) is 2.70. The number of aryl methyl sites for hydroxylation is 1. The average molecular weight is 262 g/mol. The molecule has 1 aliphatic heterocycles. The molecule has 0 radical (unpaired) electrons. The van der Waals surface area contributed by atoms with Gasteiger partial charge in [-0.2, -0.15) is 5.10 Å². The Balaban J connectivity index is 1.58. The van der Waals surface area contributed by atoms with Gasteiger partial charge in [-0.25, -0.2) is 0 Å². The molecule has 2 aliphatic rings. The molecule has 2 unspecified atom stereocenters. The predicted octanol–water partition coefficient (Wildman–Crippen LogP) is 1.87.